The van der Waals surface area contributed by atoms with Crippen LogP contribution in [-0.4, -0.2) is 12.2 Å². The van der Waals surface area contributed by atoms with Crippen LogP contribution in [0.25, 0.3) is 0 Å². The van der Waals surface area contributed by atoms with Crippen molar-refractivity contribution in [2.75, 3.05) is 0 Å². The Balaban J connectivity index is 0.000000385. The van der Waals surface area contributed by atoms with Gasteiger partial charge >= 0.3 is 7.25 Å². The SMILES string of the molecule is CCCCC(C)[n+]1cc[nH]c1.F[B-](F)(F)F. The first kappa shape index (κ1) is 15.0. The summed E-state index contributed by atoms with van der Waals surface area (Å²) in [6, 6.07) is 0.640. The van der Waals surface area contributed by atoms with E-state index in [1.165, 1.54) is 19.3 Å². The molecule has 1 aromatic rings. The highest BCUT2D eigenvalue weighted by Crippen LogP contribution is 2.06. The fourth-order valence-corrected chi connectivity index (χ4v) is 1.22. The molecule has 0 aliphatic rings. The van der Waals surface area contributed by atoms with Gasteiger partial charge in [0.25, 0.3) is 0 Å². The Labute approximate surface area is 92.8 Å². The summed E-state index contributed by atoms with van der Waals surface area (Å²) in [7, 11) is -6.00. The smallest absolute Gasteiger partial charge is 0.418 e. The van der Waals surface area contributed by atoms with E-state index in [0.29, 0.717) is 6.04 Å². The van der Waals surface area contributed by atoms with Crippen molar-refractivity contribution in [3.63, 3.8) is 0 Å². The molecular formula is C9H17BF4N2. The molecule has 1 heterocycles. The maximum Gasteiger partial charge on any atom is 0.673 e. The van der Waals surface area contributed by atoms with E-state index < -0.39 is 7.25 Å². The molecule has 0 aromatic carbocycles. The summed E-state index contributed by atoms with van der Waals surface area (Å²) in [5.74, 6) is 0. The second-order valence-corrected chi connectivity index (χ2v) is 3.54. The molecule has 0 saturated heterocycles. The summed E-state index contributed by atoms with van der Waals surface area (Å²) in [5, 5.41) is 0. The maximum absolute atomic E-state index is 9.75. The largest absolute Gasteiger partial charge is 0.673 e. The van der Waals surface area contributed by atoms with Crippen LogP contribution in [0.5, 0.6) is 0 Å². The Bertz CT molecular complexity index is 255. The van der Waals surface area contributed by atoms with Crippen LogP contribution >= 0.6 is 0 Å². The molecule has 1 aromatic heterocycles. The van der Waals surface area contributed by atoms with Gasteiger partial charge in [0.05, 0.1) is 6.04 Å². The number of H-pyrrole nitrogens is 1. The Morgan fingerprint density at radius 1 is 1.31 bits per heavy atom. The number of halogens is 4. The lowest BCUT2D eigenvalue weighted by atomic mass is 10.1. The number of hydrogen-bond acceptors (Lipinski definition) is 0. The summed E-state index contributed by atoms with van der Waals surface area (Å²) in [4.78, 5) is 3.05. The molecule has 1 atom stereocenters. The van der Waals surface area contributed by atoms with Crippen LogP contribution < -0.4 is 4.57 Å². The maximum atomic E-state index is 9.75. The molecule has 2 nitrogen and oxygen atoms in total. The van der Waals surface area contributed by atoms with Gasteiger partial charge in [0.15, 0.2) is 0 Å². The quantitative estimate of drug-likeness (QED) is 0.473. The third-order valence-corrected chi connectivity index (χ3v) is 2.05. The van der Waals surface area contributed by atoms with Crippen molar-refractivity contribution in [2.45, 2.75) is 39.2 Å². The zero-order valence-electron chi connectivity index (χ0n) is 9.47. The molecular weight excluding hydrogens is 223 g/mol. The molecule has 0 fully saturated rings. The van der Waals surface area contributed by atoms with Gasteiger partial charge in [-0.3, -0.25) is 4.98 Å². The van der Waals surface area contributed by atoms with Gasteiger partial charge in [-0.25, -0.2) is 4.57 Å². The standard InChI is InChI=1S/C9H16N2.BF4/c1-3-4-5-9(2)11-7-6-10-8-11;2-1(3,4)5/h6-9H,3-5H2,1-2H3;/q;-1/p+1. The number of imidazole rings is 1. The van der Waals surface area contributed by atoms with Crippen molar-refractivity contribution in [1.82, 2.24) is 4.98 Å². The van der Waals surface area contributed by atoms with Gasteiger partial charge in [0.1, 0.15) is 12.4 Å². The average molecular weight is 240 g/mol. The van der Waals surface area contributed by atoms with E-state index in [4.69, 9.17) is 0 Å². The fraction of sp³-hybridized carbons (Fsp3) is 0.667. The van der Waals surface area contributed by atoms with Crippen LogP contribution in [0.3, 0.4) is 0 Å². The zero-order valence-corrected chi connectivity index (χ0v) is 9.47. The monoisotopic (exact) mass is 240 g/mol. The van der Waals surface area contributed by atoms with Crippen molar-refractivity contribution >= 4 is 7.25 Å². The minimum Gasteiger partial charge on any atom is -0.418 e. The van der Waals surface area contributed by atoms with Gasteiger partial charge in [-0.05, 0) is 19.8 Å². The summed E-state index contributed by atoms with van der Waals surface area (Å²) < 4.78 is 41.2. The van der Waals surface area contributed by atoms with Crippen molar-refractivity contribution in [3.05, 3.63) is 18.7 Å². The predicted molar refractivity (Wildman–Crippen MR) is 55.4 cm³/mol. The molecule has 0 aliphatic heterocycles. The molecule has 1 unspecified atom stereocenters. The number of nitrogens with zero attached hydrogens (tertiary/aromatic N) is 1. The minimum absolute atomic E-state index is 0.640. The van der Waals surface area contributed by atoms with Crippen LogP contribution in [-0.2, 0) is 0 Å². The molecule has 1 N–H and O–H groups in total. The minimum atomic E-state index is -6.00. The van der Waals surface area contributed by atoms with Gasteiger partial charge in [-0.15, -0.1) is 0 Å². The van der Waals surface area contributed by atoms with Crippen LogP contribution in [0.15, 0.2) is 18.7 Å². The van der Waals surface area contributed by atoms with Crippen LogP contribution in [0.4, 0.5) is 17.3 Å². The molecule has 0 bridgehead atoms. The van der Waals surface area contributed by atoms with Gasteiger partial charge in [-0.2, -0.15) is 0 Å². The highest BCUT2D eigenvalue weighted by atomic mass is 19.5. The van der Waals surface area contributed by atoms with E-state index in [-0.39, 0.29) is 0 Å². The number of aromatic amines is 1. The molecule has 0 saturated carbocycles. The summed E-state index contributed by atoms with van der Waals surface area (Å²) in [5.41, 5.74) is 0. The third kappa shape index (κ3) is 9.55. The summed E-state index contributed by atoms with van der Waals surface area (Å²) in [6.07, 6.45) is 9.94. The average Bonchev–Trinajstić information content (AvgIpc) is 2.64. The second-order valence-electron chi connectivity index (χ2n) is 3.54. The molecule has 0 spiro atoms. The molecule has 0 radical (unpaired) electrons. The van der Waals surface area contributed by atoms with Gasteiger partial charge in [0, 0.05) is 0 Å². The third-order valence-electron chi connectivity index (χ3n) is 2.05. The topological polar surface area (TPSA) is 19.7 Å². The molecule has 16 heavy (non-hydrogen) atoms. The first-order valence-corrected chi connectivity index (χ1v) is 5.25. The van der Waals surface area contributed by atoms with Crippen LogP contribution in [0.2, 0.25) is 0 Å². The molecule has 1 rings (SSSR count). The van der Waals surface area contributed by atoms with Crippen molar-refractivity contribution in [1.29, 1.82) is 0 Å². The normalized spacial score (nSPS) is 12.9. The first-order valence-electron chi connectivity index (χ1n) is 5.25. The highest BCUT2D eigenvalue weighted by molar-refractivity contribution is 6.50. The Hall–Kier alpha value is -1.01. The Morgan fingerprint density at radius 3 is 2.25 bits per heavy atom. The van der Waals surface area contributed by atoms with E-state index >= 15 is 0 Å². The lowest BCUT2D eigenvalue weighted by Crippen LogP contribution is -2.34. The molecule has 7 heteroatoms. The zero-order chi connectivity index (χ0) is 12.6. The van der Waals surface area contributed by atoms with E-state index in [1.807, 2.05) is 12.5 Å². The second kappa shape index (κ2) is 7.30. The van der Waals surface area contributed by atoms with E-state index in [1.54, 1.807) is 0 Å². The molecule has 0 aliphatic carbocycles. The van der Waals surface area contributed by atoms with Gasteiger partial charge in [0.2, 0.25) is 6.33 Å². The first-order chi connectivity index (χ1) is 7.34. The van der Waals surface area contributed by atoms with Crippen molar-refractivity contribution in [3.8, 4) is 0 Å². The van der Waals surface area contributed by atoms with E-state index in [0.717, 1.165) is 0 Å². The van der Waals surface area contributed by atoms with E-state index in [9.17, 15) is 17.3 Å². The Morgan fingerprint density at radius 2 is 1.88 bits per heavy atom. The molecule has 94 valence electrons. The lowest BCUT2D eigenvalue weighted by Gasteiger charge is -2.05. The number of aromatic nitrogens is 2. The van der Waals surface area contributed by atoms with Gasteiger partial charge < -0.3 is 17.3 Å². The highest BCUT2D eigenvalue weighted by Gasteiger charge is 2.20. The van der Waals surface area contributed by atoms with Crippen molar-refractivity contribution < 1.29 is 21.8 Å². The Kier molecular flexibility index (Phi) is 6.84. The van der Waals surface area contributed by atoms with E-state index in [2.05, 4.69) is 29.6 Å². The van der Waals surface area contributed by atoms with Crippen molar-refractivity contribution in [2.24, 2.45) is 0 Å². The van der Waals surface area contributed by atoms with Crippen LogP contribution in [0.1, 0.15) is 39.2 Å². The number of unbranched alkanes of at least 4 members (excludes halogenated alkanes) is 1. The summed E-state index contributed by atoms with van der Waals surface area (Å²) >= 11 is 0. The number of nitrogens with one attached hydrogen (secondary N) is 1. The predicted octanol–water partition coefficient (Wildman–Crippen LogP) is 3.35. The number of hydrogen-bond donors (Lipinski definition) is 1. The van der Waals surface area contributed by atoms with Gasteiger partial charge in [-0.1, -0.05) is 13.3 Å². The number of rotatable bonds is 4. The molecule has 0 amide bonds. The summed E-state index contributed by atoms with van der Waals surface area (Å²) in [6.45, 7) is 4.48. The fourth-order valence-electron chi connectivity index (χ4n) is 1.22. The lowest BCUT2D eigenvalue weighted by molar-refractivity contribution is -0.719. The van der Waals surface area contributed by atoms with Crippen LogP contribution in [0, 0.1) is 0 Å².